The van der Waals surface area contributed by atoms with Crippen molar-refractivity contribution in [3.8, 4) is 17.6 Å². The van der Waals surface area contributed by atoms with Crippen LogP contribution in [0.3, 0.4) is 0 Å². The number of rotatable bonds is 4. The predicted molar refractivity (Wildman–Crippen MR) is 79.7 cm³/mol. The minimum absolute atomic E-state index is 0.719. The van der Waals surface area contributed by atoms with E-state index in [-0.39, 0.29) is 0 Å². The van der Waals surface area contributed by atoms with Gasteiger partial charge in [-0.3, -0.25) is 0 Å². The Labute approximate surface area is 120 Å². The summed E-state index contributed by atoms with van der Waals surface area (Å²) in [6.07, 6.45) is 8.46. The van der Waals surface area contributed by atoms with Crippen LogP contribution in [0.1, 0.15) is 31.2 Å². The van der Waals surface area contributed by atoms with Gasteiger partial charge >= 0.3 is 0 Å². The molecule has 3 heteroatoms. The van der Waals surface area contributed by atoms with Crippen LogP contribution in [0, 0.1) is 11.3 Å². The summed E-state index contributed by atoms with van der Waals surface area (Å²) < 4.78 is 10.6. The Morgan fingerprint density at radius 1 is 1.25 bits per heavy atom. The van der Waals surface area contributed by atoms with E-state index in [0.29, 0.717) is 0 Å². The van der Waals surface area contributed by atoms with Gasteiger partial charge in [-0.25, -0.2) is 0 Å². The molecule has 104 valence electrons. The molecule has 0 radical (unpaired) electrons. The van der Waals surface area contributed by atoms with Gasteiger partial charge in [0.25, 0.3) is 0 Å². The molecule has 0 amide bonds. The number of benzene rings is 1. The van der Waals surface area contributed by atoms with Crippen molar-refractivity contribution >= 4 is 6.08 Å². The number of allylic oxidation sites excluding steroid dienone is 3. The van der Waals surface area contributed by atoms with Gasteiger partial charge in [0.2, 0.25) is 0 Å². The molecular formula is C17H19NO2. The van der Waals surface area contributed by atoms with E-state index in [0.717, 1.165) is 47.5 Å². The highest BCUT2D eigenvalue weighted by molar-refractivity contribution is 5.68. The fourth-order valence-electron chi connectivity index (χ4n) is 2.39. The standard InChI is InChI=1S/C17H19NO2/c1-19-16-8-9-17(20-2)14(11-16)10-15(12-18)13-6-4-3-5-7-13/h6,8-11H,3-5,7H2,1-2H3. The SMILES string of the molecule is COc1ccc(OC)c(C=C(C#N)C2=CCCCC2)c1. The summed E-state index contributed by atoms with van der Waals surface area (Å²) in [5, 5.41) is 9.40. The van der Waals surface area contributed by atoms with Crippen molar-refractivity contribution in [3.63, 3.8) is 0 Å². The van der Waals surface area contributed by atoms with Gasteiger partial charge in [0, 0.05) is 5.56 Å². The summed E-state index contributed by atoms with van der Waals surface area (Å²) in [4.78, 5) is 0. The summed E-state index contributed by atoms with van der Waals surface area (Å²) in [7, 11) is 3.26. The van der Waals surface area contributed by atoms with Crippen LogP contribution >= 0.6 is 0 Å². The van der Waals surface area contributed by atoms with Gasteiger partial charge in [0.05, 0.1) is 25.9 Å². The molecule has 0 unspecified atom stereocenters. The molecule has 0 saturated heterocycles. The maximum atomic E-state index is 9.40. The summed E-state index contributed by atoms with van der Waals surface area (Å²) >= 11 is 0. The second-order valence-electron chi connectivity index (χ2n) is 4.75. The van der Waals surface area contributed by atoms with E-state index >= 15 is 0 Å². The lowest BCUT2D eigenvalue weighted by Crippen LogP contribution is -1.95. The average molecular weight is 269 g/mol. The molecule has 0 fully saturated rings. The first-order chi connectivity index (χ1) is 9.78. The van der Waals surface area contributed by atoms with Crippen molar-refractivity contribution in [2.24, 2.45) is 0 Å². The van der Waals surface area contributed by atoms with E-state index in [4.69, 9.17) is 9.47 Å². The van der Waals surface area contributed by atoms with Gasteiger partial charge in [0.15, 0.2) is 0 Å². The molecule has 0 aromatic heterocycles. The molecule has 0 aliphatic heterocycles. The summed E-state index contributed by atoms with van der Waals surface area (Å²) in [5.41, 5.74) is 2.73. The largest absolute Gasteiger partial charge is 0.497 e. The molecule has 2 rings (SSSR count). The number of methoxy groups -OCH3 is 2. The van der Waals surface area contributed by atoms with E-state index in [1.165, 1.54) is 6.42 Å². The van der Waals surface area contributed by atoms with Crippen LogP contribution in [0.4, 0.5) is 0 Å². The molecule has 0 N–H and O–H groups in total. The molecule has 3 nitrogen and oxygen atoms in total. The van der Waals surface area contributed by atoms with Gasteiger partial charge in [-0.2, -0.15) is 5.26 Å². The van der Waals surface area contributed by atoms with E-state index in [1.54, 1.807) is 14.2 Å². The van der Waals surface area contributed by atoms with Crippen molar-refractivity contribution in [3.05, 3.63) is 41.0 Å². The molecule has 1 aromatic rings. The highest BCUT2D eigenvalue weighted by Crippen LogP contribution is 2.30. The molecular weight excluding hydrogens is 250 g/mol. The molecule has 1 aromatic carbocycles. The fourth-order valence-corrected chi connectivity index (χ4v) is 2.39. The molecule has 0 saturated carbocycles. The first-order valence-corrected chi connectivity index (χ1v) is 6.81. The third-order valence-electron chi connectivity index (χ3n) is 3.49. The minimum Gasteiger partial charge on any atom is -0.497 e. The Balaban J connectivity index is 2.41. The predicted octanol–water partition coefficient (Wildman–Crippen LogP) is 4.11. The maximum absolute atomic E-state index is 9.40. The number of nitriles is 1. The van der Waals surface area contributed by atoms with E-state index < -0.39 is 0 Å². The monoisotopic (exact) mass is 269 g/mol. The molecule has 0 heterocycles. The van der Waals surface area contributed by atoms with E-state index in [9.17, 15) is 5.26 Å². The fraction of sp³-hybridized carbons (Fsp3) is 0.353. The van der Waals surface area contributed by atoms with Crippen LogP contribution in [-0.2, 0) is 0 Å². The van der Waals surface area contributed by atoms with Crippen molar-refractivity contribution in [2.45, 2.75) is 25.7 Å². The highest BCUT2D eigenvalue weighted by atomic mass is 16.5. The third-order valence-corrected chi connectivity index (χ3v) is 3.49. The van der Waals surface area contributed by atoms with Gasteiger partial charge in [0.1, 0.15) is 11.5 Å². The Kier molecular flexibility index (Phi) is 4.84. The van der Waals surface area contributed by atoms with E-state index in [1.807, 2.05) is 24.3 Å². The summed E-state index contributed by atoms with van der Waals surface area (Å²) in [6.45, 7) is 0. The Bertz CT molecular complexity index is 579. The van der Waals surface area contributed by atoms with E-state index in [2.05, 4.69) is 12.1 Å². The Hall–Kier alpha value is -2.21. The Morgan fingerprint density at radius 2 is 2.10 bits per heavy atom. The number of hydrogen-bond donors (Lipinski definition) is 0. The van der Waals surface area contributed by atoms with Crippen molar-refractivity contribution in [2.75, 3.05) is 14.2 Å². The van der Waals surface area contributed by atoms with Gasteiger partial charge in [-0.15, -0.1) is 0 Å². The third kappa shape index (κ3) is 3.21. The zero-order chi connectivity index (χ0) is 14.4. The van der Waals surface area contributed by atoms with Crippen LogP contribution in [0.15, 0.2) is 35.4 Å². The number of hydrogen-bond acceptors (Lipinski definition) is 3. The van der Waals surface area contributed by atoms with Gasteiger partial charge in [-0.1, -0.05) is 6.08 Å². The smallest absolute Gasteiger partial charge is 0.126 e. The first kappa shape index (κ1) is 14.2. The van der Waals surface area contributed by atoms with Gasteiger partial charge < -0.3 is 9.47 Å². The lowest BCUT2D eigenvalue weighted by Gasteiger charge is -2.12. The van der Waals surface area contributed by atoms with Crippen molar-refractivity contribution in [1.29, 1.82) is 5.26 Å². The van der Waals surface area contributed by atoms with Crippen LogP contribution in [0.2, 0.25) is 0 Å². The highest BCUT2D eigenvalue weighted by Gasteiger charge is 2.10. The number of nitrogens with zero attached hydrogens (tertiary/aromatic N) is 1. The second kappa shape index (κ2) is 6.81. The van der Waals surface area contributed by atoms with Gasteiger partial charge in [-0.05, 0) is 55.5 Å². The normalized spacial score (nSPS) is 15.2. The molecule has 1 aliphatic rings. The lowest BCUT2D eigenvalue weighted by atomic mass is 9.93. The zero-order valence-electron chi connectivity index (χ0n) is 12.0. The zero-order valence-corrected chi connectivity index (χ0v) is 12.0. The molecule has 1 aliphatic carbocycles. The lowest BCUT2D eigenvalue weighted by molar-refractivity contribution is 0.402. The molecule has 0 bridgehead atoms. The van der Waals surface area contributed by atoms with Crippen molar-refractivity contribution < 1.29 is 9.47 Å². The summed E-state index contributed by atoms with van der Waals surface area (Å²) in [6, 6.07) is 7.90. The first-order valence-electron chi connectivity index (χ1n) is 6.81. The van der Waals surface area contributed by atoms with Crippen LogP contribution in [-0.4, -0.2) is 14.2 Å². The maximum Gasteiger partial charge on any atom is 0.126 e. The van der Waals surface area contributed by atoms with Crippen LogP contribution in [0.5, 0.6) is 11.5 Å². The topological polar surface area (TPSA) is 42.2 Å². The van der Waals surface area contributed by atoms with Crippen LogP contribution in [0.25, 0.3) is 6.08 Å². The number of ether oxygens (including phenoxy) is 2. The average Bonchev–Trinajstić information content (AvgIpc) is 2.53. The Morgan fingerprint density at radius 3 is 2.70 bits per heavy atom. The quantitative estimate of drug-likeness (QED) is 0.772. The molecule has 20 heavy (non-hydrogen) atoms. The summed E-state index contributed by atoms with van der Waals surface area (Å²) in [5.74, 6) is 1.50. The van der Waals surface area contributed by atoms with Crippen molar-refractivity contribution in [1.82, 2.24) is 0 Å². The second-order valence-corrected chi connectivity index (χ2v) is 4.75. The minimum atomic E-state index is 0.719. The molecule has 0 atom stereocenters. The molecule has 0 spiro atoms. The van der Waals surface area contributed by atoms with Crippen LogP contribution < -0.4 is 9.47 Å².